The Labute approximate surface area is 120 Å². The van der Waals surface area contributed by atoms with Gasteiger partial charge in [0.1, 0.15) is 5.54 Å². The van der Waals surface area contributed by atoms with Crippen molar-refractivity contribution in [1.82, 2.24) is 10.2 Å². The molecule has 0 radical (unpaired) electrons. The fraction of sp³-hybridized carbons (Fsp3) is 0.867. The third-order valence-corrected chi connectivity index (χ3v) is 4.84. The van der Waals surface area contributed by atoms with Gasteiger partial charge in [0.05, 0.1) is 6.10 Å². The van der Waals surface area contributed by atoms with Crippen LogP contribution in [0.25, 0.3) is 0 Å². The Bertz CT molecular complexity index is 385. The summed E-state index contributed by atoms with van der Waals surface area (Å²) in [7, 11) is 0. The van der Waals surface area contributed by atoms with E-state index in [0.717, 1.165) is 51.6 Å². The highest BCUT2D eigenvalue weighted by Gasteiger charge is 2.45. The van der Waals surface area contributed by atoms with Gasteiger partial charge in [-0.15, -0.1) is 0 Å². The van der Waals surface area contributed by atoms with Crippen LogP contribution in [0.1, 0.15) is 51.4 Å². The molecule has 2 amide bonds. The second-order valence-electron chi connectivity index (χ2n) is 6.33. The van der Waals surface area contributed by atoms with Gasteiger partial charge in [-0.2, -0.15) is 0 Å². The molecule has 0 aromatic carbocycles. The van der Waals surface area contributed by atoms with Crippen LogP contribution in [0, 0.1) is 0 Å². The van der Waals surface area contributed by atoms with Crippen LogP contribution in [0.4, 0.5) is 0 Å². The molecule has 5 nitrogen and oxygen atoms in total. The van der Waals surface area contributed by atoms with Crippen LogP contribution in [0.2, 0.25) is 0 Å². The minimum Gasteiger partial charge on any atom is -0.376 e. The van der Waals surface area contributed by atoms with E-state index in [1.54, 1.807) is 0 Å². The smallest absolute Gasteiger partial charge is 0.248 e. The molecular formula is C15H24N2O3. The van der Waals surface area contributed by atoms with Crippen molar-refractivity contribution in [3.05, 3.63) is 0 Å². The van der Waals surface area contributed by atoms with Crippen molar-refractivity contribution in [3.63, 3.8) is 0 Å². The van der Waals surface area contributed by atoms with Gasteiger partial charge >= 0.3 is 0 Å². The zero-order valence-electron chi connectivity index (χ0n) is 12.0. The van der Waals surface area contributed by atoms with Gasteiger partial charge in [-0.1, -0.05) is 19.3 Å². The lowest BCUT2D eigenvalue weighted by Gasteiger charge is -2.38. The summed E-state index contributed by atoms with van der Waals surface area (Å²) in [6, 6.07) is 0. The van der Waals surface area contributed by atoms with E-state index in [2.05, 4.69) is 5.32 Å². The van der Waals surface area contributed by atoms with E-state index in [1.807, 2.05) is 4.90 Å². The fourth-order valence-electron chi connectivity index (χ4n) is 3.73. The third kappa shape index (κ3) is 2.68. The van der Waals surface area contributed by atoms with Gasteiger partial charge in [-0.25, -0.2) is 0 Å². The molecule has 0 aromatic rings. The van der Waals surface area contributed by atoms with E-state index in [9.17, 15) is 9.59 Å². The number of carbonyl (C=O) groups excluding carboxylic acids is 2. The van der Waals surface area contributed by atoms with Crippen molar-refractivity contribution >= 4 is 11.8 Å². The molecule has 3 aliphatic rings. The Hall–Kier alpha value is -1.10. The topological polar surface area (TPSA) is 58.6 Å². The highest BCUT2D eigenvalue weighted by atomic mass is 16.5. The monoisotopic (exact) mass is 280 g/mol. The van der Waals surface area contributed by atoms with Crippen LogP contribution in [0.15, 0.2) is 0 Å². The van der Waals surface area contributed by atoms with E-state index < -0.39 is 5.54 Å². The van der Waals surface area contributed by atoms with Crippen LogP contribution in [0.5, 0.6) is 0 Å². The molecule has 1 aliphatic carbocycles. The summed E-state index contributed by atoms with van der Waals surface area (Å²) in [5, 5.41) is 3.03. The van der Waals surface area contributed by atoms with Crippen molar-refractivity contribution in [2.45, 2.75) is 63.0 Å². The second kappa shape index (κ2) is 5.72. The standard InChI is InChI=1S/C15H24N2O3/c18-13-6-9-17(11-12-5-4-10-20-12)14(19)15(16-13)7-2-1-3-8-15/h12H,1-11H2,(H,16,18). The summed E-state index contributed by atoms with van der Waals surface area (Å²) in [5.74, 6) is 0.147. The molecular weight excluding hydrogens is 256 g/mol. The molecule has 112 valence electrons. The highest BCUT2D eigenvalue weighted by Crippen LogP contribution is 2.32. The van der Waals surface area contributed by atoms with Crippen molar-refractivity contribution in [1.29, 1.82) is 0 Å². The van der Waals surface area contributed by atoms with E-state index in [4.69, 9.17) is 4.74 Å². The molecule has 0 bridgehead atoms. The normalized spacial score (nSPS) is 30.4. The van der Waals surface area contributed by atoms with Gasteiger partial charge < -0.3 is 15.0 Å². The average Bonchev–Trinajstić information content (AvgIpc) is 2.93. The van der Waals surface area contributed by atoms with Crippen molar-refractivity contribution in [2.75, 3.05) is 19.7 Å². The number of rotatable bonds is 2. The predicted octanol–water partition coefficient (Wildman–Crippen LogP) is 1.22. The molecule has 1 saturated carbocycles. The van der Waals surface area contributed by atoms with E-state index >= 15 is 0 Å². The van der Waals surface area contributed by atoms with Gasteiger partial charge in [0.15, 0.2) is 0 Å². The highest BCUT2D eigenvalue weighted by molar-refractivity contribution is 5.93. The van der Waals surface area contributed by atoms with Gasteiger partial charge in [0, 0.05) is 26.1 Å². The Morgan fingerprint density at radius 2 is 2.00 bits per heavy atom. The number of nitrogens with one attached hydrogen (secondary N) is 1. The van der Waals surface area contributed by atoms with E-state index in [0.29, 0.717) is 19.5 Å². The summed E-state index contributed by atoms with van der Waals surface area (Å²) < 4.78 is 5.65. The Balaban J connectivity index is 1.75. The van der Waals surface area contributed by atoms with Crippen LogP contribution >= 0.6 is 0 Å². The molecule has 2 aliphatic heterocycles. The fourth-order valence-corrected chi connectivity index (χ4v) is 3.73. The van der Waals surface area contributed by atoms with Crippen LogP contribution in [-0.4, -0.2) is 48.1 Å². The summed E-state index contributed by atoms with van der Waals surface area (Å²) in [5.41, 5.74) is -0.621. The minimum absolute atomic E-state index is 0.0232. The summed E-state index contributed by atoms with van der Waals surface area (Å²) in [6.07, 6.45) is 7.48. The number of ether oxygens (including phenoxy) is 1. The van der Waals surface area contributed by atoms with Gasteiger partial charge in [0.25, 0.3) is 0 Å². The molecule has 1 spiro atoms. The van der Waals surface area contributed by atoms with Crippen molar-refractivity contribution in [3.8, 4) is 0 Å². The molecule has 0 aromatic heterocycles. The lowest BCUT2D eigenvalue weighted by atomic mass is 9.80. The predicted molar refractivity (Wildman–Crippen MR) is 74.1 cm³/mol. The molecule has 3 fully saturated rings. The first kappa shape index (κ1) is 13.9. The summed E-state index contributed by atoms with van der Waals surface area (Å²) in [4.78, 5) is 26.7. The lowest BCUT2D eigenvalue weighted by molar-refractivity contribution is -0.141. The Kier molecular flexibility index (Phi) is 3.96. The maximum absolute atomic E-state index is 12.9. The molecule has 2 heterocycles. The number of hydrogen-bond donors (Lipinski definition) is 1. The van der Waals surface area contributed by atoms with Crippen molar-refractivity contribution < 1.29 is 14.3 Å². The average molecular weight is 280 g/mol. The number of hydrogen-bond acceptors (Lipinski definition) is 3. The molecule has 20 heavy (non-hydrogen) atoms. The second-order valence-corrected chi connectivity index (χ2v) is 6.33. The molecule has 1 N–H and O–H groups in total. The third-order valence-electron chi connectivity index (χ3n) is 4.84. The molecule has 1 unspecified atom stereocenters. The first-order valence-corrected chi connectivity index (χ1v) is 7.92. The van der Waals surface area contributed by atoms with Gasteiger partial charge in [-0.05, 0) is 25.7 Å². The van der Waals surface area contributed by atoms with E-state index in [-0.39, 0.29) is 17.9 Å². The Morgan fingerprint density at radius 3 is 2.70 bits per heavy atom. The quantitative estimate of drug-likeness (QED) is 0.827. The maximum Gasteiger partial charge on any atom is 0.248 e. The first-order valence-electron chi connectivity index (χ1n) is 7.92. The minimum atomic E-state index is -0.621. The SMILES string of the molecule is O=C1CCN(CC2CCCO2)C(=O)C2(CCCCC2)N1. The number of nitrogens with zero attached hydrogens (tertiary/aromatic N) is 1. The molecule has 2 saturated heterocycles. The largest absolute Gasteiger partial charge is 0.376 e. The number of carbonyl (C=O) groups is 2. The van der Waals surface area contributed by atoms with E-state index in [1.165, 1.54) is 0 Å². The summed E-state index contributed by atoms with van der Waals surface area (Å²) in [6.45, 7) is 1.98. The zero-order valence-corrected chi connectivity index (χ0v) is 12.0. The van der Waals surface area contributed by atoms with Gasteiger partial charge in [-0.3, -0.25) is 9.59 Å². The lowest BCUT2D eigenvalue weighted by Crippen LogP contribution is -2.58. The maximum atomic E-state index is 12.9. The van der Waals surface area contributed by atoms with Gasteiger partial charge in [0.2, 0.25) is 11.8 Å². The van der Waals surface area contributed by atoms with Crippen LogP contribution < -0.4 is 5.32 Å². The van der Waals surface area contributed by atoms with Crippen molar-refractivity contribution in [2.24, 2.45) is 0 Å². The zero-order chi connectivity index (χ0) is 14.0. The van der Waals surface area contributed by atoms with Crippen LogP contribution in [-0.2, 0) is 14.3 Å². The molecule has 3 rings (SSSR count). The molecule has 5 heteroatoms. The number of amides is 2. The summed E-state index contributed by atoms with van der Waals surface area (Å²) >= 11 is 0. The first-order chi connectivity index (χ1) is 9.70. The molecule has 1 atom stereocenters. The Morgan fingerprint density at radius 1 is 1.20 bits per heavy atom. The van der Waals surface area contributed by atoms with Crippen LogP contribution in [0.3, 0.4) is 0 Å².